The lowest BCUT2D eigenvalue weighted by Gasteiger charge is -2.39. The first-order valence-corrected chi connectivity index (χ1v) is 7.23. The molecule has 1 atom stereocenters. The van der Waals surface area contributed by atoms with E-state index in [0.717, 1.165) is 9.80 Å². The van der Waals surface area contributed by atoms with E-state index in [1.54, 1.807) is 30.3 Å². The number of amides is 4. The van der Waals surface area contributed by atoms with Crippen LogP contribution in [0.4, 0.5) is 4.79 Å². The number of rotatable bonds is 5. The molecule has 4 amide bonds. The third kappa shape index (κ3) is 3.03. The maximum atomic E-state index is 12.5. The van der Waals surface area contributed by atoms with E-state index in [0.29, 0.717) is 12.0 Å². The van der Waals surface area contributed by atoms with Gasteiger partial charge in [-0.25, -0.2) is 4.79 Å². The lowest BCUT2D eigenvalue weighted by Crippen LogP contribution is -2.65. The number of nitrogens with zero attached hydrogens (tertiary/aromatic N) is 4. The van der Waals surface area contributed by atoms with E-state index >= 15 is 0 Å². The molecule has 0 saturated carbocycles. The van der Waals surface area contributed by atoms with E-state index in [1.165, 1.54) is 26.0 Å². The highest BCUT2D eigenvalue weighted by molar-refractivity contribution is 6.21. The number of aliphatic imine (C=N–C) groups is 1. The minimum absolute atomic E-state index is 0.121. The van der Waals surface area contributed by atoms with Crippen molar-refractivity contribution in [2.24, 2.45) is 4.99 Å². The molecule has 0 spiro atoms. The maximum absolute atomic E-state index is 12.5. The highest BCUT2D eigenvalue weighted by Crippen LogP contribution is 2.16. The Labute approximate surface area is 139 Å². The molecule has 1 fully saturated rings. The van der Waals surface area contributed by atoms with Gasteiger partial charge in [-0.2, -0.15) is 0 Å². The van der Waals surface area contributed by atoms with E-state index in [-0.39, 0.29) is 18.2 Å². The minimum atomic E-state index is -1.12. The van der Waals surface area contributed by atoms with Gasteiger partial charge in [-0.15, -0.1) is 0 Å². The highest BCUT2D eigenvalue weighted by Gasteiger charge is 2.44. The van der Waals surface area contributed by atoms with Gasteiger partial charge in [0.1, 0.15) is 5.84 Å². The van der Waals surface area contributed by atoms with Crippen molar-refractivity contribution < 1.29 is 19.2 Å². The number of imide groups is 1. The van der Waals surface area contributed by atoms with Crippen LogP contribution in [0.1, 0.15) is 10.4 Å². The number of carbonyl (C=O) groups excluding carboxylic acids is 4. The Balaban J connectivity index is 2.31. The SMILES string of the molecule is CN=C1C(N(C=O)CC(=O)c2ccccc2)C(=O)N(C)C(=O)N1C. The predicted molar refractivity (Wildman–Crippen MR) is 86.6 cm³/mol. The third-order valence-electron chi connectivity index (χ3n) is 3.84. The van der Waals surface area contributed by atoms with Crippen LogP contribution in [0.15, 0.2) is 35.3 Å². The van der Waals surface area contributed by atoms with E-state index in [1.807, 2.05) is 0 Å². The molecule has 0 aromatic heterocycles. The van der Waals surface area contributed by atoms with Crippen LogP contribution in [-0.2, 0) is 9.59 Å². The second-order valence-electron chi connectivity index (χ2n) is 5.29. The number of hydrogen-bond donors (Lipinski definition) is 0. The van der Waals surface area contributed by atoms with E-state index in [4.69, 9.17) is 0 Å². The zero-order valence-electron chi connectivity index (χ0n) is 13.7. The summed E-state index contributed by atoms with van der Waals surface area (Å²) in [6, 6.07) is 6.79. The van der Waals surface area contributed by atoms with Crippen LogP contribution in [0.3, 0.4) is 0 Å². The Bertz CT molecular complexity index is 701. The van der Waals surface area contributed by atoms with Crippen molar-refractivity contribution in [1.29, 1.82) is 0 Å². The van der Waals surface area contributed by atoms with Crippen molar-refractivity contribution in [2.45, 2.75) is 6.04 Å². The second-order valence-corrected chi connectivity index (χ2v) is 5.29. The quantitative estimate of drug-likeness (QED) is 0.571. The molecular weight excluding hydrogens is 312 g/mol. The summed E-state index contributed by atoms with van der Waals surface area (Å²) in [6.07, 6.45) is 0.423. The highest BCUT2D eigenvalue weighted by atomic mass is 16.2. The Kier molecular flexibility index (Phi) is 5.08. The largest absolute Gasteiger partial charge is 0.331 e. The van der Waals surface area contributed by atoms with Crippen molar-refractivity contribution in [2.75, 3.05) is 27.7 Å². The smallest absolute Gasteiger partial charge is 0.319 e. The fraction of sp³-hybridized carbons (Fsp3) is 0.312. The number of likely N-dealkylation sites (N-methyl/N-ethyl adjacent to an activating group) is 2. The minimum Gasteiger partial charge on any atom is -0.319 e. The average Bonchev–Trinajstić information content (AvgIpc) is 2.61. The lowest BCUT2D eigenvalue weighted by molar-refractivity contribution is -0.136. The van der Waals surface area contributed by atoms with Gasteiger partial charge in [-0.1, -0.05) is 30.3 Å². The average molecular weight is 330 g/mol. The number of ketones is 1. The zero-order chi connectivity index (χ0) is 17.9. The molecule has 24 heavy (non-hydrogen) atoms. The number of Topliss-reactive ketones (excluding diaryl/α,β-unsaturated/α-hetero) is 1. The van der Waals surface area contributed by atoms with Gasteiger partial charge in [0.25, 0.3) is 5.91 Å². The number of hydrogen-bond acceptors (Lipinski definition) is 5. The van der Waals surface area contributed by atoms with Crippen LogP contribution >= 0.6 is 0 Å². The summed E-state index contributed by atoms with van der Waals surface area (Å²) in [7, 11) is 4.21. The van der Waals surface area contributed by atoms with E-state index in [2.05, 4.69) is 4.99 Å². The molecule has 0 aliphatic carbocycles. The molecule has 0 radical (unpaired) electrons. The molecular formula is C16H18N4O4. The number of benzene rings is 1. The summed E-state index contributed by atoms with van der Waals surface area (Å²) >= 11 is 0. The first kappa shape index (κ1) is 17.3. The monoisotopic (exact) mass is 330 g/mol. The van der Waals surface area contributed by atoms with Gasteiger partial charge in [0, 0.05) is 26.7 Å². The van der Waals surface area contributed by atoms with Gasteiger partial charge in [-0.05, 0) is 0 Å². The zero-order valence-corrected chi connectivity index (χ0v) is 13.7. The molecule has 2 rings (SSSR count). The van der Waals surface area contributed by atoms with Gasteiger partial charge in [-0.3, -0.25) is 29.2 Å². The van der Waals surface area contributed by atoms with Gasteiger partial charge in [0.05, 0.1) is 6.54 Å². The molecule has 8 nitrogen and oxygen atoms in total. The molecule has 1 aliphatic rings. The Morgan fingerprint density at radius 2 is 1.83 bits per heavy atom. The second kappa shape index (κ2) is 7.03. The fourth-order valence-corrected chi connectivity index (χ4v) is 2.53. The van der Waals surface area contributed by atoms with Crippen LogP contribution in [0.5, 0.6) is 0 Å². The van der Waals surface area contributed by atoms with Gasteiger partial charge in [0.2, 0.25) is 6.41 Å². The van der Waals surface area contributed by atoms with Crippen molar-refractivity contribution in [1.82, 2.24) is 14.7 Å². The molecule has 8 heteroatoms. The van der Waals surface area contributed by atoms with Crippen molar-refractivity contribution in [3.05, 3.63) is 35.9 Å². The molecule has 1 heterocycles. The van der Waals surface area contributed by atoms with Gasteiger partial charge >= 0.3 is 6.03 Å². The molecule has 1 unspecified atom stereocenters. The standard InChI is InChI=1S/C16H18N4O4/c1-17-14-13(15(23)19(3)16(24)18(14)2)20(10-21)9-12(22)11-7-5-4-6-8-11/h4-8,10,13H,9H2,1-3H3. The Morgan fingerprint density at radius 1 is 1.21 bits per heavy atom. The summed E-state index contributed by atoms with van der Waals surface area (Å²) in [5.41, 5.74) is 0.431. The molecule has 126 valence electrons. The third-order valence-corrected chi connectivity index (χ3v) is 3.84. The molecule has 0 bridgehead atoms. The first-order chi connectivity index (χ1) is 11.4. The van der Waals surface area contributed by atoms with Crippen LogP contribution in [0.25, 0.3) is 0 Å². The van der Waals surface area contributed by atoms with Gasteiger partial charge < -0.3 is 4.90 Å². The Morgan fingerprint density at radius 3 is 2.38 bits per heavy atom. The molecule has 1 saturated heterocycles. The van der Waals surface area contributed by atoms with E-state index < -0.39 is 18.0 Å². The summed E-state index contributed by atoms with van der Waals surface area (Å²) < 4.78 is 0. The molecule has 1 aromatic rings. The molecule has 1 aliphatic heterocycles. The maximum Gasteiger partial charge on any atom is 0.331 e. The van der Waals surface area contributed by atoms with E-state index in [9.17, 15) is 19.2 Å². The summed E-state index contributed by atoms with van der Waals surface area (Å²) in [4.78, 5) is 55.4. The van der Waals surface area contributed by atoms with Crippen molar-refractivity contribution in [3.8, 4) is 0 Å². The molecule has 0 N–H and O–H groups in total. The summed E-state index contributed by atoms with van der Waals surface area (Å²) in [6.45, 7) is -0.293. The number of carbonyl (C=O) groups is 4. The van der Waals surface area contributed by atoms with Crippen molar-refractivity contribution in [3.63, 3.8) is 0 Å². The summed E-state index contributed by atoms with van der Waals surface area (Å²) in [5, 5.41) is 0. The summed E-state index contributed by atoms with van der Waals surface area (Å²) in [5.74, 6) is -0.795. The van der Waals surface area contributed by atoms with Gasteiger partial charge in [0.15, 0.2) is 11.8 Å². The number of amidine groups is 1. The number of urea groups is 1. The lowest BCUT2D eigenvalue weighted by atomic mass is 10.1. The fourth-order valence-electron chi connectivity index (χ4n) is 2.53. The molecule has 1 aromatic carbocycles. The predicted octanol–water partition coefficient (Wildman–Crippen LogP) is 0.248. The topological polar surface area (TPSA) is 90.4 Å². The van der Waals surface area contributed by atoms with Crippen LogP contribution < -0.4 is 0 Å². The Hall–Kier alpha value is -3.03. The normalized spacial score (nSPS) is 19.6. The van der Waals surface area contributed by atoms with Crippen LogP contribution in [-0.4, -0.2) is 78.4 Å². The van der Waals surface area contributed by atoms with Crippen molar-refractivity contribution >= 4 is 30.0 Å². The van der Waals surface area contributed by atoms with Crippen LogP contribution in [0, 0.1) is 0 Å². The first-order valence-electron chi connectivity index (χ1n) is 7.23. The van der Waals surface area contributed by atoms with Crippen LogP contribution in [0.2, 0.25) is 0 Å².